The molecule has 244 valence electrons. The third kappa shape index (κ3) is 3.78. The summed E-state index contributed by atoms with van der Waals surface area (Å²) in [6, 6.07) is 46.0. The third-order valence-corrected chi connectivity index (χ3v) is 13.5. The number of aromatic nitrogens is 3. The molecule has 6 heterocycles. The van der Waals surface area contributed by atoms with Crippen LogP contribution in [0.3, 0.4) is 0 Å². The van der Waals surface area contributed by atoms with Crippen molar-refractivity contribution < 1.29 is 17.2 Å². The molecule has 5 aromatic carbocycles. The van der Waals surface area contributed by atoms with Gasteiger partial charge in [0.05, 0.1) is 16.3 Å². The second-order valence-electron chi connectivity index (χ2n) is 13.9. The Bertz CT molecular complexity index is 3460. The molecule has 0 spiro atoms. The molecule has 2 bridgehead atoms. The molecule has 0 radical (unpaired) electrons. The van der Waals surface area contributed by atoms with Crippen LogP contribution in [-0.2, 0) is 0 Å². The molecule has 1 aliphatic carbocycles. The van der Waals surface area contributed by atoms with Crippen molar-refractivity contribution in [3.05, 3.63) is 163 Å². The van der Waals surface area contributed by atoms with E-state index in [1.807, 2.05) is 18.2 Å². The van der Waals surface area contributed by atoms with Crippen LogP contribution in [0.25, 0.3) is 93.1 Å². The fourth-order valence-electron chi connectivity index (χ4n) is 8.71. The van der Waals surface area contributed by atoms with Gasteiger partial charge in [-0.05, 0) is 90.4 Å². The first-order valence-electron chi connectivity index (χ1n) is 17.7. The molecule has 1 unspecified atom stereocenters. The first-order valence-corrected chi connectivity index (χ1v) is 19.0. The van der Waals surface area contributed by atoms with E-state index in [1.165, 1.54) is 60.4 Å². The Morgan fingerprint density at radius 3 is 2.02 bits per heavy atom. The molecular weight excluding hydrogens is 657 g/mol. The van der Waals surface area contributed by atoms with E-state index in [4.69, 9.17) is 8.83 Å². The summed E-state index contributed by atoms with van der Waals surface area (Å²) in [5.41, 5.74) is 13.5. The van der Waals surface area contributed by atoms with Crippen LogP contribution in [0.15, 0.2) is 161 Å². The average molecular weight is 688 g/mol. The highest BCUT2D eigenvalue weighted by Gasteiger charge is 2.29. The van der Waals surface area contributed by atoms with Crippen LogP contribution in [0.4, 0.5) is 0 Å². The summed E-state index contributed by atoms with van der Waals surface area (Å²) in [7, 11) is -0.941. The van der Waals surface area contributed by atoms with Crippen LogP contribution in [0.1, 0.15) is 17.5 Å². The minimum atomic E-state index is -0.941. The van der Waals surface area contributed by atoms with E-state index in [1.54, 1.807) is 0 Å². The van der Waals surface area contributed by atoms with Crippen molar-refractivity contribution in [1.29, 1.82) is 0 Å². The summed E-state index contributed by atoms with van der Waals surface area (Å²) >= 11 is 0. The maximum Gasteiger partial charge on any atom is 0.450 e. The fraction of sp³-hybridized carbons (Fsp3) is 0.0435. The Morgan fingerprint density at radius 1 is 0.538 bits per heavy atom. The van der Waals surface area contributed by atoms with Gasteiger partial charge in [-0.2, -0.15) is 0 Å². The van der Waals surface area contributed by atoms with Gasteiger partial charge in [-0.25, -0.2) is 0 Å². The van der Waals surface area contributed by atoms with Crippen molar-refractivity contribution in [3.63, 3.8) is 0 Å². The highest BCUT2D eigenvalue weighted by molar-refractivity contribution is 7.38. The number of allylic oxidation sites excluding steroid dienone is 4. The minimum Gasteiger partial charge on any atom is -0.456 e. The van der Waals surface area contributed by atoms with E-state index in [0.29, 0.717) is 0 Å². The first-order chi connectivity index (χ1) is 25.7. The van der Waals surface area contributed by atoms with Gasteiger partial charge in [-0.15, -0.1) is 8.33 Å². The van der Waals surface area contributed by atoms with Gasteiger partial charge in [0.1, 0.15) is 22.3 Å². The number of nitrogens with zero attached hydrogens (tertiary/aromatic N) is 3. The van der Waals surface area contributed by atoms with E-state index < -0.39 is 7.66 Å². The normalized spacial score (nSPS) is 14.0. The quantitative estimate of drug-likeness (QED) is 0.181. The van der Waals surface area contributed by atoms with E-state index in [2.05, 4.69) is 154 Å². The first kappa shape index (κ1) is 28.3. The number of rotatable bonds is 2. The van der Waals surface area contributed by atoms with Crippen LogP contribution >= 0.6 is 7.66 Å². The second kappa shape index (κ2) is 10.3. The van der Waals surface area contributed by atoms with Gasteiger partial charge in [0.15, 0.2) is 17.5 Å². The molecule has 0 saturated carbocycles. The molecule has 1 atom stereocenters. The molecule has 0 fully saturated rings. The topological polar surface area (TPSA) is 39.4 Å². The summed E-state index contributed by atoms with van der Waals surface area (Å²) in [4.78, 5) is 0. The number of furan rings is 2. The molecule has 5 nitrogen and oxygen atoms in total. The molecule has 0 N–H and O–H groups in total. The molecule has 0 saturated heterocycles. The molecule has 0 amide bonds. The smallest absolute Gasteiger partial charge is 0.450 e. The van der Waals surface area contributed by atoms with Gasteiger partial charge in [0.25, 0.3) is 0 Å². The molecule has 6 aromatic heterocycles. The molecule has 6 heteroatoms. The standard InChI is InChI=1S/C46H30N3O2P/c1-28-32-11-8-15-38(28)49(41-16-9-12-34-40-14-5-7-23-48(40)52(46(34)41)47-22-6-4-13-39(32)47)31-20-18-29(24-31)30-19-21-43-35(25-30)37-26-36-33-10-2-3-17-42(33)50-44(36)27-45(37)51-43/h2-23,25-27H,24H2,1H3/q+2. The number of hydrogen-bond acceptors (Lipinski definition) is 2. The average Bonchev–Trinajstić information content (AvgIpc) is 3.96. The lowest BCUT2D eigenvalue weighted by Crippen LogP contribution is -2.26. The highest BCUT2D eigenvalue weighted by atomic mass is 31.1. The highest BCUT2D eigenvalue weighted by Crippen LogP contribution is 2.42. The lowest BCUT2D eigenvalue weighted by Gasteiger charge is -2.15. The maximum atomic E-state index is 6.38. The lowest BCUT2D eigenvalue weighted by atomic mass is 10.0. The summed E-state index contributed by atoms with van der Waals surface area (Å²) in [6.45, 7) is 2.28. The number of para-hydroxylation sites is 1. The zero-order valence-electron chi connectivity index (χ0n) is 28.2. The molecule has 1 aliphatic rings. The predicted octanol–water partition coefficient (Wildman–Crippen LogP) is 11.7. The Labute approximate surface area is 298 Å². The van der Waals surface area contributed by atoms with Crippen molar-refractivity contribution in [2.45, 2.75) is 13.3 Å². The number of fused-ring (bicyclic) bond motifs is 14. The summed E-state index contributed by atoms with van der Waals surface area (Å²) < 4.78 is 20.1. The minimum absolute atomic E-state index is 0.809. The number of pyridine rings is 2. The van der Waals surface area contributed by atoms with E-state index in [0.717, 1.165) is 50.3 Å². The van der Waals surface area contributed by atoms with Crippen molar-refractivity contribution in [3.8, 4) is 0 Å². The second-order valence-corrected chi connectivity index (χ2v) is 15.8. The summed E-state index contributed by atoms with van der Waals surface area (Å²) in [5, 5.41) is 8.40. The lowest BCUT2D eigenvalue weighted by molar-refractivity contribution is -0.510. The molecule has 0 aliphatic heterocycles. The van der Waals surface area contributed by atoms with Crippen LogP contribution in [-0.4, -0.2) is 4.57 Å². The Kier molecular flexibility index (Phi) is 5.62. The molecular formula is C46H30N3O2P+2. The van der Waals surface area contributed by atoms with Gasteiger partial charge in [-0.1, -0.05) is 42.5 Å². The van der Waals surface area contributed by atoms with Gasteiger partial charge >= 0.3 is 7.66 Å². The zero-order valence-corrected chi connectivity index (χ0v) is 29.1. The van der Waals surface area contributed by atoms with Crippen LogP contribution in [0, 0.1) is 6.92 Å². The molecule has 11 aromatic rings. The van der Waals surface area contributed by atoms with Crippen molar-refractivity contribution in [1.82, 2.24) is 4.57 Å². The van der Waals surface area contributed by atoms with Crippen molar-refractivity contribution in [2.75, 3.05) is 0 Å². The van der Waals surface area contributed by atoms with Gasteiger partial charge in [0, 0.05) is 69.5 Å². The largest absolute Gasteiger partial charge is 0.456 e. The SMILES string of the molecule is Cc1c2cccc1n(C1=CC=C(c3ccc4oc5cc6oc7ccccc7c6cc5c4c3)C1)c1cccc3c4cccc[n+]4p(c31)[n+]1ccccc21. The van der Waals surface area contributed by atoms with Crippen molar-refractivity contribution in [2.24, 2.45) is 0 Å². The van der Waals surface area contributed by atoms with Gasteiger partial charge in [0.2, 0.25) is 11.0 Å². The zero-order chi connectivity index (χ0) is 34.1. The number of hydrogen-bond donors (Lipinski definition) is 0. The van der Waals surface area contributed by atoms with E-state index >= 15 is 0 Å². The van der Waals surface area contributed by atoms with Crippen LogP contribution in [0.5, 0.6) is 0 Å². The third-order valence-electron chi connectivity index (χ3n) is 11.1. The van der Waals surface area contributed by atoms with Gasteiger partial charge < -0.3 is 13.4 Å². The van der Waals surface area contributed by atoms with Gasteiger partial charge in [-0.3, -0.25) is 0 Å². The number of benzene rings is 5. The molecule has 52 heavy (non-hydrogen) atoms. The van der Waals surface area contributed by atoms with E-state index in [-0.39, 0.29) is 0 Å². The van der Waals surface area contributed by atoms with Crippen LogP contribution in [0.2, 0.25) is 0 Å². The summed E-state index contributed by atoms with van der Waals surface area (Å²) in [5.74, 6) is 0. The van der Waals surface area contributed by atoms with E-state index in [9.17, 15) is 0 Å². The Balaban J connectivity index is 1.08. The Morgan fingerprint density at radius 2 is 1.19 bits per heavy atom. The predicted molar refractivity (Wildman–Crippen MR) is 213 cm³/mol. The Hall–Kier alpha value is -6.42. The maximum absolute atomic E-state index is 6.38. The van der Waals surface area contributed by atoms with Crippen molar-refractivity contribution >= 4 is 101 Å². The summed E-state index contributed by atoms with van der Waals surface area (Å²) in [6.07, 6.45) is 9.97. The monoisotopic (exact) mass is 687 g/mol. The molecule has 12 rings (SSSR count). The van der Waals surface area contributed by atoms with Crippen LogP contribution < -0.4 is 8.33 Å². The fourth-order valence-corrected chi connectivity index (χ4v) is 11.3. The number of aryl methyl sites for hydroxylation is 1.